The van der Waals surface area contributed by atoms with E-state index in [2.05, 4.69) is 228 Å². The van der Waals surface area contributed by atoms with E-state index < -0.39 is 0 Å². The summed E-state index contributed by atoms with van der Waals surface area (Å²) in [4.78, 5) is 5.24. The predicted octanol–water partition coefficient (Wildman–Crippen LogP) is 17.1. The first-order valence-corrected chi connectivity index (χ1v) is 23.2. The van der Waals surface area contributed by atoms with Crippen LogP contribution in [0.25, 0.3) is 44.5 Å². The molecule has 9 aromatic carbocycles. The number of benzene rings is 9. The Morgan fingerprint density at radius 2 is 0.391 bits per heavy atom. The standard InChI is InChI=1S/C62H52N2/c1-5-17-45(18-6-1)49-29-37-53(38-30-49)63(54-39-31-50(32-40-54)46-19-7-2-8-20-46)61-57-25-13-15-27-59(57)62(60-28-16-14-26-58(60)61)64(55-41-33-51(34-42-55)47-21-9-3-10-22-47)56-43-35-52(36-44-56)48-23-11-4-12-24-48/h1-12,17-24,29-44H,13-16,25-28H2. The minimum Gasteiger partial charge on any atom is -0.310 e. The summed E-state index contributed by atoms with van der Waals surface area (Å²) in [6, 6.07) is 80.3. The Labute approximate surface area is 378 Å². The van der Waals surface area contributed by atoms with Crippen molar-refractivity contribution in [2.75, 3.05) is 9.80 Å². The lowest BCUT2D eigenvalue weighted by Gasteiger charge is -2.40. The van der Waals surface area contributed by atoms with E-state index in [4.69, 9.17) is 0 Å². The fourth-order valence-electron chi connectivity index (χ4n) is 10.3. The summed E-state index contributed by atoms with van der Waals surface area (Å²) in [5, 5.41) is 0. The lowest BCUT2D eigenvalue weighted by Crippen LogP contribution is -2.25. The van der Waals surface area contributed by atoms with Gasteiger partial charge in [0.15, 0.2) is 0 Å². The zero-order valence-corrected chi connectivity index (χ0v) is 36.3. The molecule has 0 atom stereocenters. The van der Waals surface area contributed by atoms with Crippen LogP contribution in [0.2, 0.25) is 0 Å². The van der Waals surface area contributed by atoms with Crippen LogP contribution >= 0.6 is 0 Å². The van der Waals surface area contributed by atoms with E-state index in [0.717, 1.165) is 25.7 Å². The van der Waals surface area contributed by atoms with Gasteiger partial charge in [-0.3, -0.25) is 0 Å². The molecule has 0 aromatic heterocycles. The molecule has 2 heteroatoms. The molecular formula is C62H52N2. The molecule has 0 aliphatic heterocycles. The number of hydrogen-bond donors (Lipinski definition) is 0. The summed E-state index contributed by atoms with van der Waals surface area (Å²) in [7, 11) is 0. The summed E-state index contributed by atoms with van der Waals surface area (Å²) in [5.74, 6) is 0. The van der Waals surface area contributed by atoms with Crippen molar-refractivity contribution in [3.8, 4) is 44.5 Å². The first kappa shape index (κ1) is 39.4. The maximum absolute atomic E-state index is 2.62. The predicted molar refractivity (Wildman–Crippen MR) is 271 cm³/mol. The van der Waals surface area contributed by atoms with E-state index >= 15 is 0 Å². The summed E-state index contributed by atoms with van der Waals surface area (Å²) in [5.41, 5.74) is 23.5. The molecular weight excluding hydrogens is 773 g/mol. The smallest absolute Gasteiger partial charge is 0.0532 e. The van der Waals surface area contributed by atoms with Crippen LogP contribution in [0.3, 0.4) is 0 Å². The van der Waals surface area contributed by atoms with Crippen LogP contribution in [0, 0.1) is 0 Å². The van der Waals surface area contributed by atoms with Gasteiger partial charge in [0.25, 0.3) is 0 Å². The highest BCUT2D eigenvalue weighted by Gasteiger charge is 2.33. The molecule has 2 aliphatic rings. The molecule has 9 aromatic rings. The minimum absolute atomic E-state index is 1.05. The van der Waals surface area contributed by atoms with Gasteiger partial charge in [0.05, 0.1) is 11.4 Å². The van der Waals surface area contributed by atoms with Crippen LogP contribution in [-0.4, -0.2) is 0 Å². The molecule has 0 saturated heterocycles. The first-order valence-electron chi connectivity index (χ1n) is 23.2. The van der Waals surface area contributed by atoms with Crippen LogP contribution in [0.15, 0.2) is 218 Å². The van der Waals surface area contributed by atoms with Crippen molar-refractivity contribution in [3.05, 3.63) is 241 Å². The quantitative estimate of drug-likeness (QED) is 0.127. The number of nitrogens with zero attached hydrogens (tertiary/aromatic N) is 2. The Bertz CT molecular complexity index is 2560. The second-order valence-corrected chi connectivity index (χ2v) is 17.3. The molecule has 0 N–H and O–H groups in total. The van der Waals surface area contributed by atoms with Crippen molar-refractivity contribution in [3.63, 3.8) is 0 Å². The Morgan fingerprint density at radius 1 is 0.203 bits per heavy atom. The SMILES string of the molecule is c1ccc(-c2ccc(N(c3ccc(-c4ccccc4)cc3)c3c4c(c(N(c5ccc(-c6ccccc6)cc5)c5ccc(-c6ccccc6)cc5)c5c3CCCC5)CCCC4)cc2)cc1. The van der Waals surface area contributed by atoms with Gasteiger partial charge in [0.2, 0.25) is 0 Å². The van der Waals surface area contributed by atoms with Gasteiger partial charge in [-0.1, -0.05) is 170 Å². The Balaban J connectivity index is 1.11. The summed E-state index contributed by atoms with van der Waals surface area (Å²) >= 11 is 0. The first-order chi connectivity index (χ1) is 31.8. The van der Waals surface area contributed by atoms with Crippen LogP contribution in [0.4, 0.5) is 34.1 Å². The van der Waals surface area contributed by atoms with Crippen LogP contribution < -0.4 is 9.80 Å². The van der Waals surface area contributed by atoms with E-state index in [9.17, 15) is 0 Å². The van der Waals surface area contributed by atoms with Crippen molar-refractivity contribution < 1.29 is 0 Å². The van der Waals surface area contributed by atoms with Crippen molar-refractivity contribution in [2.24, 2.45) is 0 Å². The summed E-state index contributed by atoms with van der Waals surface area (Å²) < 4.78 is 0. The lowest BCUT2D eigenvalue weighted by atomic mass is 9.78. The van der Waals surface area contributed by atoms with Crippen molar-refractivity contribution in [1.29, 1.82) is 0 Å². The van der Waals surface area contributed by atoms with Gasteiger partial charge in [-0.05, 0) is 167 Å². The largest absolute Gasteiger partial charge is 0.310 e. The molecule has 0 bridgehead atoms. The van der Waals surface area contributed by atoms with Crippen LogP contribution in [0.1, 0.15) is 47.9 Å². The van der Waals surface area contributed by atoms with Crippen LogP contribution in [-0.2, 0) is 25.7 Å². The monoisotopic (exact) mass is 824 g/mol. The lowest BCUT2D eigenvalue weighted by molar-refractivity contribution is 0.659. The van der Waals surface area contributed by atoms with Gasteiger partial charge >= 0.3 is 0 Å². The zero-order valence-electron chi connectivity index (χ0n) is 36.3. The van der Waals surface area contributed by atoms with Gasteiger partial charge < -0.3 is 9.80 Å². The Kier molecular flexibility index (Phi) is 10.9. The second-order valence-electron chi connectivity index (χ2n) is 17.3. The average molecular weight is 825 g/mol. The van der Waals surface area contributed by atoms with Gasteiger partial charge in [0.1, 0.15) is 0 Å². The van der Waals surface area contributed by atoms with Crippen molar-refractivity contribution in [2.45, 2.75) is 51.4 Å². The van der Waals surface area contributed by atoms with E-state index in [1.54, 1.807) is 0 Å². The van der Waals surface area contributed by atoms with E-state index in [0.29, 0.717) is 0 Å². The van der Waals surface area contributed by atoms with E-state index in [1.165, 1.54) is 127 Å². The maximum Gasteiger partial charge on any atom is 0.0532 e. The topological polar surface area (TPSA) is 6.48 Å². The third-order valence-electron chi connectivity index (χ3n) is 13.5. The fourth-order valence-corrected chi connectivity index (χ4v) is 10.3. The maximum atomic E-state index is 2.62. The second kappa shape index (κ2) is 17.8. The molecule has 11 rings (SSSR count). The molecule has 0 amide bonds. The molecule has 0 unspecified atom stereocenters. The van der Waals surface area contributed by atoms with Gasteiger partial charge in [-0.25, -0.2) is 0 Å². The van der Waals surface area contributed by atoms with Gasteiger partial charge in [-0.15, -0.1) is 0 Å². The van der Waals surface area contributed by atoms with E-state index in [-0.39, 0.29) is 0 Å². The highest BCUT2D eigenvalue weighted by Crippen LogP contribution is 2.53. The highest BCUT2D eigenvalue weighted by atomic mass is 15.2. The average Bonchev–Trinajstić information content (AvgIpc) is 3.39. The molecule has 0 saturated carbocycles. The molecule has 310 valence electrons. The number of rotatable bonds is 10. The number of hydrogen-bond acceptors (Lipinski definition) is 2. The Morgan fingerprint density at radius 3 is 0.594 bits per heavy atom. The molecule has 2 nitrogen and oxygen atoms in total. The highest BCUT2D eigenvalue weighted by molar-refractivity contribution is 5.91. The summed E-state index contributed by atoms with van der Waals surface area (Å²) in [6.45, 7) is 0. The molecule has 0 heterocycles. The molecule has 0 spiro atoms. The van der Waals surface area contributed by atoms with Crippen molar-refractivity contribution >= 4 is 34.1 Å². The third kappa shape index (κ3) is 7.71. The minimum atomic E-state index is 1.05. The molecule has 0 radical (unpaired) electrons. The molecule has 64 heavy (non-hydrogen) atoms. The fraction of sp³-hybridized carbons (Fsp3) is 0.129. The normalized spacial score (nSPS) is 13.1. The van der Waals surface area contributed by atoms with Crippen LogP contribution in [0.5, 0.6) is 0 Å². The number of anilines is 6. The van der Waals surface area contributed by atoms with E-state index in [1.807, 2.05) is 0 Å². The van der Waals surface area contributed by atoms with Gasteiger partial charge in [0, 0.05) is 22.7 Å². The summed E-state index contributed by atoms with van der Waals surface area (Å²) in [6.07, 6.45) is 8.96. The molecule has 2 aliphatic carbocycles. The zero-order chi connectivity index (χ0) is 42.7. The Hall–Kier alpha value is -7.42. The third-order valence-corrected chi connectivity index (χ3v) is 13.5. The van der Waals surface area contributed by atoms with Gasteiger partial charge in [-0.2, -0.15) is 0 Å². The van der Waals surface area contributed by atoms with Crippen molar-refractivity contribution in [1.82, 2.24) is 0 Å². The molecule has 0 fully saturated rings. The number of fused-ring (bicyclic) bond motifs is 2.